The number of benzene rings is 1. The zero-order valence-corrected chi connectivity index (χ0v) is 16.2. The monoisotopic (exact) mass is 367 g/mol. The predicted octanol–water partition coefficient (Wildman–Crippen LogP) is 2.49. The highest BCUT2D eigenvalue weighted by Crippen LogP contribution is 2.38. The van der Waals surface area contributed by atoms with Crippen LogP contribution in [0.25, 0.3) is 0 Å². The number of ether oxygens (including phenoxy) is 4. The molecule has 1 rings (SSSR count). The van der Waals surface area contributed by atoms with E-state index >= 15 is 0 Å². The van der Waals surface area contributed by atoms with Crippen LogP contribution in [0.4, 0.5) is 0 Å². The van der Waals surface area contributed by atoms with Crippen molar-refractivity contribution in [3.63, 3.8) is 0 Å². The molecule has 0 aliphatic carbocycles. The molecule has 0 saturated carbocycles. The molecule has 1 amide bonds. The van der Waals surface area contributed by atoms with Crippen LogP contribution in [-0.2, 0) is 20.7 Å². The molecule has 0 spiro atoms. The molecule has 0 radical (unpaired) electrons. The summed E-state index contributed by atoms with van der Waals surface area (Å²) >= 11 is 0. The second-order valence-electron chi connectivity index (χ2n) is 5.78. The van der Waals surface area contributed by atoms with Crippen LogP contribution in [0.1, 0.15) is 38.7 Å². The van der Waals surface area contributed by atoms with Crippen LogP contribution >= 0.6 is 0 Å². The Morgan fingerprint density at radius 1 is 1.00 bits per heavy atom. The molecule has 0 fully saturated rings. The van der Waals surface area contributed by atoms with Crippen molar-refractivity contribution in [3.8, 4) is 17.2 Å². The van der Waals surface area contributed by atoms with E-state index in [0.29, 0.717) is 23.7 Å². The third-order valence-corrected chi connectivity index (χ3v) is 4.06. The largest absolute Gasteiger partial charge is 0.493 e. The average Bonchev–Trinajstić information content (AvgIpc) is 2.67. The van der Waals surface area contributed by atoms with Gasteiger partial charge in [-0.25, -0.2) is 0 Å². The molecule has 7 heteroatoms. The van der Waals surface area contributed by atoms with Gasteiger partial charge in [-0.2, -0.15) is 0 Å². The van der Waals surface area contributed by atoms with Crippen LogP contribution in [0.3, 0.4) is 0 Å². The Hall–Kier alpha value is -2.44. The first kappa shape index (κ1) is 21.6. The predicted molar refractivity (Wildman–Crippen MR) is 97.9 cm³/mol. The van der Waals surface area contributed by atoms with E-state index in [-0.39, 0.29) is 25.0 Å². The Morgan fingerprint density at radius 3 is 2.04 bits per heavy atom. The molecule has 0 aliphatic rings. The summed E-state index contributed by atoms with van der Waals surface area (Å²) in [6.07, 6.45) is 2.27. The van der Waals surface area contributed by atoms with E-state index in [4.69, 9.17) is 18.9 Å². The molecule has 0 bridgehead atoms. The summed E-state index contributed by atoms with van der Waals surface area (Å²) in [5, 5.41) is 2.83. The highest BCUT2D eigenvalue weighted by molar-refractivity contribution is 5.80. The zero-order chi connectivity index (χ0) is 19.5. The van der Waals surface area contributed by atoms with Gasteiger partial charge in [-0.3, -0.25) is 9.59 Å². The first-order chi connectivity index (χ1) is 12.5. The fourth-order valence-corrected chi connectivity index (χ4v) is 2.51. The number of nitrogens with one attached hydrogen (secondary N) is 1. The smallest absolute Gasteiger partial charge is 0.306 e. The van der Waals surface area contributed by atoms with Gasteiger partial charge >= 0.3 is 5.97 Å². The van der Waals surface area contributed by atoms with Crippen LogP contribution in [0.15, 0.2) is 12.1 Å². The molecule has 7 nitrogen and oxygen atoms in total. The van der Waals surface area contributed by atoms with Gasteiger partial charge in [0.25, 0.3) is 5.91 Å². The summed E-state index contributed by atoms with van der Waals surface area (Å²) in [5.41, 5.74) is 0.845. The van der Waals surface area contributed by atoms with E-state index in [1.54, 1.807) is 12.1 Å². The van der Waals surface area contributed by atoms with Crippen molar-refractivity contribution in [1.82, 2.24) is 5.32 Å². The van der Waals surface area contributed by atoms with E-state index in [2.05, 4.69) is 5.32 Å². The van der Waals surface area contributed by atoms with Gasteiger partial charge < -0.3 is 24.3 Å². The van der Waals surface area contributed by atoms with Crippen LogP contribution in [-0.4, -0.2) is 45.9 Å². The van der Waals surface area contributed by atoms with Crippen molar-refractivity contribution < 1.29 is 28.5 Å². The number of aryl methyl sites for hydroxylation is 1. The molecule has 0 atom stereocenters. The minimum atomic E-state index is -0.432. The highest BCUT2D eigenvalue weighted by atomic mass is 16.5. The van der Waals surface area contributed by atoms with Gasteiger partial charge in [0.05, 0.1) is 21.3 Å². The lowest BCUT2D eigenvalue weighted by molar-refractivity contribution is -0.148. The van der Waals surface area contributed by atoms with E-state index in [9.17, 15) is 9.59 Å². The summed E-state index contributed by atoms with van der Waals surface area (Å²) in [7, 11) is 4.60. The van der Waals surface area contributed by atoms with Crippen LogP contribution < -0.4 is 19.5 Å². The van der Waals surface area contributed by atoms with Crippen LogP contribution in [0, 0.1) is 0 Å². The highest BCUT2D eigenvalue weighted by Gasteiger charge is 2.15. The number of hydrogen-bond donors (Lipinski definition) is 1. The summed E-state index contributed by atoms with van der Waals surface area (Å²) < 4.78 is 20.9. The van der Waals surface area contributed by atoms with Gasteiger partial charge in [-0.1, -0.05) is 13.8 Å². The summed E-state index contributed by atoms with van der Waals surface area (Å²) in [6, 6.07) is 3.68. The second kappa shape index (κ2) is 11.2. The van der Waals surface area contributed by atoms with Crippen LogP contribution in [0.2, 0.25) is 0 Å². The summed E-state index contributed by atoms with van der Waals surface area (Å²) in [4.78, 5) is 23.6. The number of esters is 1. The van der Waals surface area contributed by atoms with E-state index in [1.165, 1.54) is 21.3 Å². The fraction of sp³-hybridized carbons (Fsp3) is 0.579. The lowest BCUT2D eigenvalue weighted by Gasteiger charge is -2.15. The Bertz CT molecular complexity index is 573. The number of carbonyl (C=O) groups excluding carboxylic acids is 2. The van der Waals surface area contributed by atoms with Gasteiger partial charge in [0.2, 0.25) is 5.75 Å². The Labute approximate surface area is 155 Å². The summed E-state index contributed by atoms with van der Waals surface area (Å²) in [5.74, 6) is 0.845. The standard InChI is InChI=1S/C19H29NO6/c1-6-14(7-2)20-17(21)12-26-18(22)9-8-13-10-15(23-3)19(25-5)16(11-13)24-4/h10-11,14H,6-9,12H2,1-5H3,(H,20,21). The number of amides is 1. The molecule has 1 aromatic carbocycles. The minimum absolute atomic E-state index is 0.112. The molecule has 1 N–H and O–H groups in total. The second-order valence-corrected chi connectivity index (χ2v) is 5.78. The Kier molecular flexibility index (Phi) is 9.33. The molecular formula is C19H29NO6. The molecular weight excluding hydrogens is 338 g/mol. The molecule has 0 unspecified atom stereocenters. The number of hydrogen-bond acceptors (Lipinski definition) is 6. The minimum Gasteiger partial charge on any atom is -0.493 e. The van der Waals surface area contributed by atoms with E-state index in [1.807, 2.05) is 13.8 Å². The van der Waals surface area contributed by atoms with Crippen molar-refractivity contribution in [2.24, 2.45) is 0 Å². The zero-order valence-electron chi connectivity index (χ0n) is 16.2. The third kappa shape index (κ3) is 6.46. The molecule has 1 aromatic rings. The summed E-state index contributed by atoms with van der Waals surface area (Å²) in [6.45, 7) is 3.74. The van der Waals surface area contributed by atoms with Gasteiger partial charge in [-0.05, 0) is 37.0 Å². The van der Waals surface area contributed by atoms with Gasteiger partial charge in [0.15, 0.2) is 18.1 Å². The van der Waals surface area contributed by atoms with Crippen molar-refractivity contribution in [2.45, 2.75) is 45.6 Å². The lowest BCUT2D eigenvalue weighted by Crippen LogP contribution is -2.36. The number of rotatable bonds is 11. The van der Waals surface area contributed by atoms with Crippen molar-refractivity contribution in [2.75, 3.05) is 27.9 Å². The van der Waals surface area contributed by atoms with Crippen molar-refractivity contribution in [1.29, 1.82) is 0 Å². The van der Waals surface area contributed by atoms with Crippen LogP contribution in [0.5, 0.6) is 17.2 Å². The van der Waals surface area contributed by atoms with Crippen molar-refractivity contribution in [3.05, 3.63) is 17.7 Å². The first-order valence-electron chi connectivity index (χ1n) is 8.72. The normalized spacial score (nSPS) is 10.4. The molecule has 0 heterocycles. The first-order valence-corrected chi connectivity index (χ1v) is 8.72. The molecule has 0 aromatic heterocycles. The average molecular weight is 367 g/mol. The quantitative estimate of drug-likeness (QED) is 0.605. The van der Waals surface area contributed by atoms with Gasteiger partial charge in [-0.15, -0.1) is 0 Å². The fourth-order valence-electron chi connectivity index (χ4n) is 2.51. The number of carbonyl (C=O) groups is 2. The van der Waals surface area contributed by atoms with E-state index < -0.39 is 5.97 Å². The molecule has 0 saturated heterocycles. The maximum absolute atomic E-state index is 11.9. The topological polar surface area (TPSA) is 83.1 Å². The maximum Gasteiger partial charge on any atom is 0.306 e. The van der Waals surface area contributed by atoms with Crippen molar-refractivity contribution >= 4 is 11.9 Å². The Morgan fingerprint density at radius 2 is 1.58 bits per heavy atom. The number of methoxy groups -OCH3 is 3. The molecule has 0 aliphatic heterocycles. The lowest BCUT2D eigenvalue weighted by atomic mass is 10.1. The van der Waals surface area contributed by atoms with Gasteiger partial charge in [0, 0.05) is 12.5 Å². The third-order valence-electron chi connectivity index (χ3n) is 4.06. The maximum atomic E-state index is 11.9. The SMILES string of the molecule is CCC(CC)NC(=O)COC(=O)CCc1cc(OC)c(OC)c(OC)c1. The Balaban J connectivity index is 2.56. The van der Waals surface area contributed by atoms with E-state index in [0.717, 1.165) is 18.4 Å². The molecule has 26 heavy (non-hydrogen) atoms. The molecule has 146 valence electrons. The van der Waals surface area contributed by atoms with Gasteiger partial charge in [0.1, 0.15) is 0 Å².